The molecule has 0 saturated carbocycles. The molecular formula is C58H40B2N4. The zero-order valence-corrected chi connectivity index (χ0v) is 35.8. The van der Waals surface area contributed by atoms with E-state index in [0.717, 1.165) is 11.4 Å². The lowest BCUT2D eigenvalue weighted by Gasteiger charge is -2.46. The summed E-state index contributed by atoms with van der Waals surface area (Å²) < 4.78 is 5.39. The molecule has 11 aromatic rings. The maximum absolute atomic E-state index is 2.70. The average molecular weight is 815 g/mol. The third-order valence-corrected chi connectivity index (χ3v) is 15.0. The first kappa shape index (κ1) is 34.8. The van der Waals surface area contributed by atoms with Crippen LogP contribution in [0, 0.1) is 0 Å². The van der Waals surface area contributed by atoms with Gasteiger partial charge in [-0.1, -0.05) is 154 Å². The smallest absolute Gasteiger partial charge is 0.333 e. The number of para-hydroxylation sites is 6. The first-order chi connectivity index (χ1) is 31.5. The van der Waals surface area contributed by atoms with Crippen LogP contribution in [0.5, 0.6) is 0 Å². The molecule has 6 heterocycles. The standard InChI is InChI=1S/C58H40B2N4/c1-58(2,3)35-31-32-45-50(33-35)61(36-17-6-4-7-18-36)51-34-46-57(52-44-27-15-25-42-39-22-11-13-29-48(39)64(56(42)44)59(45)54(51)52)62(37-19-8-5-9-20-37)49-30-16-23-40-43-26-14-24-41-38-21-10-12-28-47(38)63(55(41)43)60(46)53(40)49/h4-34H,1-3H3. The maximum atomic E-state index is 2.70. The summed E-state index contributed by atoms with van der Waals surface area (Å²) in [4.78, 5) is 5.22. The molecule has 15 rings (SSSR count). The molecule has 0 aliphatic carbocycles. The predicted molar refractivity (Wildman–Crippen MR) is 272 cm³/mol. The van der Waals surface area contributed by atoms with E-state index in [1.165, 1.54) is 116 Å². The summed E-state index contributed by atoms with van der Waals surface area (Å²) in [6, 6.07) is 71.4. The van der Waals surface area contributed by atoms with Crippen LogP contribution in [0.2, 0.25) is 0 Å². The molecular weight excluding hydrogens is 774 g/mol. The molecule has 0 N–H and O–H groups in total. The van der Waals surface area contributed by atoms with Crippen LogP contribution in [0.1, 0.15) is 26.3 Å². The molecule has 0 unspecified atom stereocenters. The molecule has 298 valence electrons. The highest BCUT2D eigenvalue weighted by atomic mass is 15.2. The van der Waals surface area contributed by atoms with Gasteiger partial charge in [-0.3, -0.25) is 0 Å². The van der Waals surface area contributed by atoms with Gasteiger partial charge < -0.3 is 18.8 Å². The highest BCUT2D eigenvalue weighted by Gasteiger charge is 2.50. The zero-order chi connectivity index (χ0) is 42.2. The lowest BCUT2D eigenvalue weighted by Crippen LogP contribution is -2.61. The van der Waals surface area contributed by atoms with Gasteiger partial charge in [0.1, 0.15) is 0 Å². The molecule has 0 saturated heterocycles. The fourth-order valence-electron chi connectivity index (χ4n) is 12.4. The first-order valence-electron chi connectivity index (χ1n) is 22.7. The summed E-state index contributed by atoms with van der Waals surface area (Å²) in [6.07, 6.45) is 0. The lowest BCUT2D eigenvalue weighted by atomic mass is 9.41. The summed E-state index contributed by atoms with van der Waals surface area (Å²) in [7, 11) is 0. The Labute approximate surface area is 372 Å². The number of hydrogen-bond donors (Lipinski definition) is 0. The highest BCUT2D eigenvalue weighted by Crippen LogP contribution is 2.52. The monoisotopic (exact) mass is 814 g/mol. The Morgan fingerprint density at radius 1 is 0.391 bits per heavy atom. The molecule has 0 atom stereocenters. The van der Waals surface area contributed by atoms with Crippen molar-refractivity contribution in [3.8, 4) is 22.3 Å². The molecule has 4 aliphatic rings. The molecule has 0 radical (unpaired) electrons. The van der Waals surface area contributed by atoms with Crippen LogP contribution in [0.3, 0.4) is 0 Å². The van der Waals surface area contributed by atoms with E-state index in [9.17, 15) is 0 Å². The third-order valence-electron chi connectivity index (χ3n) is 15.0. The number of hydrogen-bond acceptors (Lipinski definition) is 2. The van der Waals surface area contributed by atoms with Gasteiger partial charge in [0.25, 0.3) is 0 Å². The number of anilines is 6. The van der Waals surface area contributed by atoms with E-state index in [4.69, 9.17) is 0 Å². The maximum Gasteiger partial charge on any atom is 0.333 e. The van der Waals surface area contributed by atoms with Crippen LogP contribution in [-0.2, 0) is 5.41 Å². The molecule has 0 spiro atoms. The third kappa shape index (κ3) is 4.22. The molecule has 9 aromatic carbocycles. The summed E-state index contributed by atoms with van der Waals surface area (Å²) in [6.45, 7) is 6.84. The molecule has 4 nitrogen and oxygen atoms in total. The van der Waals surface area contributed by atoms with Gasteiger partial charge >= 0.3 is 13.7 Å². The highest BCUT2D eigenvalue weighted by molar-refractivity contribution is 6.93. The molecule has 0 bridgehead atoms. The molecule has 6 heteroatoms. The van der Waals surface area contributed by atoms with Gasteiger partial charge in [-0.05, 0) is 93.0 Å². The Morgan fingerprint density at radius 3 is 1.61 bits per heavy atom. The quantitative estimate of drug-likeness (QED) is 0.162. The predicted octanol–water partition coefficient (Wildman–Crippen LogP) is 12.0. The van der Waals surface area contributed by atoms with Crippen molar-refractivity contribution in [1.29, 1.82) is 0 Å². The van der Waals surface area contributed by atoms with Crippen molar-refractivity contribution in [3.05, 3.63) is 194 Å². The second kappa shape index (κ2) is 12.1. The van der Waals surface area contributed by atoms with Gasteiger partial charge in [0, 0.05) is 88.7 Å². The fourth-order valence-corrected chi connectivity index (χ4v) is 12.4. The van der Waals surface area contributed by atoms with E-state index in [0.29, 0.717) is 0 Å². The van der Waals surface area contributed by atoms with Crippen molar-refractivity contribution in [2.45, 2.75) is 26.2 Å². The van der Waals surface area contributed by atoms with E-state index in [1.807, 2.05) is 0 Å². The molecule has 2 aromatic heterocycles. The second-order valence-electron chi connectivity index (χ2n) is 19.2. The van der Waals surface area contributed by atoms with Crippen LogP contribution in [0.4, 0.5) is 34.1 Å². The van der Waals surface area contributed by atoms with Crippen molar-refractivity contribution in [3.63, 3.8) is 0 Å². The topological polar surface area (TPSA) is 16.3 Å². The summed E-state index contributed by atoms with van der Waals surface area (Å²) in [5.41, 5.74) is 24.3. The fraction of sp³-hybridized carbons (Fsp3) is 0.0690. The number of nitrogens with zero attached hydrogens (tertiary/aromatic N) is 4. The van der Waals surface area contributed by atoms with Crippen molar-refractivity contribution in [1.82, 2.24) is 8.96 Å². The average Bonchev–Trinajstić information content (AvgIpc) is 3.85. The normalized spacial score (nSPS) is 14.0. The molecule has 64 heavy (non-hydrogen) atoms. The minimum atomic E-state index is -0.0922. The van der Waals surface area contributed by atoms with E-state index < -0.39 is 0 Å². The van der Waals surface area contributed by atoms with E-state index in [-0.39, 0.29) is 19.1 Å². The minimum absolute atomic E-state index is 0.0438. The second-order valence-corrected chi connectivity index (χ2v) is 19.2. The Balaban J connectivity index is 1.19. The van der Waals surface area contributed by atoms with Crippen LogP contribution in [-0.4, -0.2) is 22.7 Å². The lowest BCUT2D eigenvalue weighted by molar-refractivity contribution is 0.590. The van der Waals surface area contributed by atoms with Gasteiger partial charge in [-0.2, -0.15) is 0 Å². The molecule has 0 amide bonds. The van der Waals surface area contributed by atoms with Crippen LogP contribution in [0.15, 0.2) is 188 Å². The Hall–Kier alpha value is -7.69. The van der Waals surface area contributed by atoms with Gasteiger partial charge in [0.2, 0.25) is 0 Å². The first-order valence-corrected chi connectivity index (χ1v) is 22.7. The summed E-state index contributed by atoms with van der Waals surface area (Å²) >= 11 is 0. The van der Waals surface area contributed by atoms with E-state index in [2.05, 4.69) is 228 Å². The largest absolute Gasteiger partial charge is 0.375 e. The van der Waals surface area contributed by atoms with Crippen molar-refractivity contribution >= 4 is 113 Å². The van der Waals surface area contributed by atoms with Crippen molar-refractivity contribution in [2.24, 2.45) is 0 Å². The number of benzene rings is 9. The van der Waals surface area contributed by atoms with E-state index >= 15 is 0 Å². The summed E-state index contributed by atoms with van der Waals surface area (Å²) in [5.74, 6) is 0. The van der Waals surface area contributed by atoms with Gasteiger partial charge in [-0.15, -0.1) is 0 Å². The Kier molecular flexibility index (Phi) is 6.57. The van der Waals surface area contributed by atoms with Gasteiger partial charge in [0.15, 0.2) is 0 Å². The molecule has 0 fully saturated rings. The number of fused-ring (bicyclic) bond motifs is 15. The Bertz CT molecular complexity index is 3860. The van der Waals surface area contributed by atoms with Crippen LogP contribution >= 0.6 is 0 Å². The van der Waals surface area contributed by atoms with Gasteiger partial charge in [0.05, 0.1) is 5.69 Å². The van der Waals surface area contributed by atoms with Crippen molar-refractivity contribution in [2.75, 3.05) is 9.80 Å². The van der Waals surface area contributed by atoms with E-state index in [1.54, 1.807) is 0 Å². The van der Waals surface area contributed by atoms with Crippen LogP contribution in [0.25, 0.3) is 65.9 Å². The SMILES string of the molecule is CC(C)(C)c1ccc2c(c1)N(c1ccccc1)c1cc3c(c4c1B2n1c2ccccc2c2cccc-4c21)N(c1ccccc1)c1cccc2c1B3n1c3ccccc3c3cccc-2c31. The molecule has 4 aliphatic heterocycles. The minimum Gasteiger partial charge on any atom is -0.375 e. The van der Waals surface area contributed by atoms with Crippen molar-refractivity contribution < 1.29 is 0 Å². The van der Waals surface area contributed by atoms with Gasteiger partial charge in [-0.25, -0.2) is 0 Å². The zero-order valence-electron chi connectivity index (χ0n) is 35.8. The number of aromatic nitrogens is 2. The summed E-state index contributed by atoms with van der Waals surface area (Å²) in [5, 5.41) is 5.19. The number of rotatable bonds is 2. The van der Waals surface area contributed by atoms with Crippen LogP contribution < -0.4 is 31.7 Å². The Morgan fingerprint density at radius 2 is 0.938 bits per heavy atom.